The molecule has 486 valence electrons. The lowest BCUT2D eigenvalue weighted by Crippen LogP contribution is -2.71. The van der Waals surface area contributed by atoms with Crippen molar-refractivity contribution < 1.29 is 101 Å². The SMILES string of the molecule is CN(C(=O)OC(C)(C)C)[C@@H]1[C@@H](O)[C@@H](O[C@@H]2[C@@H](O)[C@H](O[C@H]3O[C@H](CN(CCOC4CCCCO4)C(=O)OC(C)(C)C)CC[C@H]3NC(=O)OC(C)(C)C)[C@@H](NC(=O)OC(C)(C)C)C[C@H]2NC(=O)[C@@H](O)CCCN2C(=O)c3ccccc3C2=O)OC[C@]1(C)O. The monoisotopic (exact) mass is 1220 g/mol. The molecular formula is C59H94N6O21. The first-order valence-electron chi connectivity index (χ1n) is 29.7. The average Bonchev–Trinajstić information content (AvgIpc) is 3.68. The quantitative estimate of drug-likeness (QED) is 0.0753. The van der Waals surface area contributed by atoms with E-state index in [4.69, 9.17) is 47.4 Å². The molecule has 1 unspecified atom stereocenters. The van der Waals surface area contributed by atoms with Gasteiger partial charge in [-0.15, -0.1) is 0 Å². The van der Waals surface area contributed by atoms with Gasteiger partial charge in [-0.2, -0.15) is 0 Å². The van der Waals surface area contributed by atoms with Gasteiger partial charge in [-0.05, 0) is 154 Å². The molecule has 0 radical (unpaired) electrons. The van der Waals surface area contributed by atoms with Gasteiger partial charge in [0.05, 0.1) is 61.2 Å². The molecule has 0 bridgehead atoms. The number of carbonyl (C=O) groups excluding carboxylic acids is 7. The lowest BCUT2D eigenvalue weighted by Gasteiger charge is -2.51. The van der Waals surface area contributed by atoms with E-state index in [-0.39, 0.29) is 69.5 Å². The standard InChI is InChI=1S/C59H94N6O21/c1-55(2,3)83-51(72)61-36-25-24-33(31-64(54(75)86-58(10,11)12)27-29-78-40-23-17-18-28-77-40)80-49(36)81-44-38(62-52(73)84-56(4,5)6)30-37(60-46(69)39(66)22-19-26-65-47(70)34-20-15-16-21-35(34)48(65)71)43(41(44)67)82-50-42(68)45(59(13,76)32-79-50)63(14)53(74)85-57(7,8)9/h15-16,20-21,33,36-45,49-50,66-68,76H,17-19,22-32H2,1-14H3,(H,60,69)(H,61,72)(H,62,73)/t33-,36+,37+,38-,39-,40?,41+,42+,43-,44+,45+,49+,50+,59-/m0/s1. The van der Waals surface area contributed by atoms with Crippen LogP contribution in [0.4, 0.5) is 19.2 Å². The number of alkyl carbamates (subject to hydrolysis) is 2. The molecule has 4 aliphatic heterocycles. The Labute approximate surface area is 503 Å². The second-order valence-electron chi connectivity index (χ2n) is 26.9. The Hall–Kier alpha value is -5.49. The number of rotatable bonds is 19. The summed E-state index contributed by atoms with van der Waals surface area (Å²) in [6.45, 7) is 21.3. The zero-order valence-electron chi connectivity index (χ0n) is 52.3. The molecule has 1 aromatic carbocycles. The Morgan fingerprint density at radius 3 is 1.83 bits per heavy atom. The smallest absolute Gasteiger partial charge is 0.410 e. The third-order valence-corrected chi connectivity index (χ3v) is 14.5. The number of hydrogen-bond acceptors (Lipinski definition) is 21. The van der Waals surface area contributed by atoms with Crippen LogP contribution in [0.1, 0.15) is 162 Å². The molecule has 27 heteroatoms. The zero-order valence-corrected chi connectivity index (χ0v) is 52.3. The summed E-state index contributed by atoms with van der Waals surface area (Å²) in [5, 5.41) is 56.4. The highest BCUT2D eigenvalue weighted by Crippen LogP contribution is 2.36. The average molecular weight is 1220 g/mol. The van der Waals surface area contributed by atoms with Gasteiger partial charge in [0.1, 0.15) is 58.5 Å². The van der Waals surface area contributed by atoms with E-state index in [0.717, 1.165) is 22.6 Å². The molecule has 7 N–H and O–H groups in total. The highest BCUT2D eigenvalue weighted by atomic mass is 16.7. The van der Waals surface area contributed by atoms with Crippen LogP contribution in [0.5, 0.6) is 0 Å². The number of aliphatic hydroxyl groups is 4. The first-order valence-corrected chi connectivity index (χ1v) is 29.7. The highest BCUT2D eigenvalue weighted by Gasteiger charge is 2.55. The van der Waals surface area contributed by atoms with Gasteiger partial charge >= 0.3 is 24.4 Å². The molecule has 0 aromatic heterocycles. The van der Waals surface area contributed by atoms with Crippen molar-refractivity contribution in [3.63, 3.8) is 0 Å². The molecule has 3 saturated heterocycles. The van der Waals surface area contributed by atoms with Gasteiger partial charge in [-0.1, -0.05) is 12.1 Å². The lowest BCUT2D eigenvalue weighted by molar-refractivity contribution is -0.315. The predicted molar refractivity (Wildman–Crippen MR) is 305 cm³/mol. The molecule has 0 spiro atoms. The van der Waals surface area contributed by atoms with Crippen molar-refractivity contribution in [2.75, 3.05) is 46.5 Å². The summed E-state index contributed by atoms with van der Waals surface area (Å²) in [6.07, 6.45) is -14.7. The maximum absolute atomic E-state index is 14.2. The molecule has 1 saturated carbocycles. The van der Waals surface area contributed by atoms with Crippen LogP contribution in [-0.4, -0.2) is 231 Å². The minimum atomic E-state index is -1.98. The van der Waals surface area contributed by atoms with Gasteiger partial charge in [-0.25, -0.2) is 19.2 Å². The van der Waals surface area contributed by atoms with Crippen molar-refractivity contribution in [2.24, 2.45) is 0 Å². The molecule has 14 atom stereocenters. The van der Waals surface area contributed by atoms with Gasteiger partial charge in [-0.3, -0.25) is 19.3 Å². The fraction of sp³-hybridized carbons (Fsp3) is 0.780. The van der Waals surface area contributed by atoms with E-state index in [1.165, 1.54) is 31.0 Å². The Morgan fingerprint density at radius 1 is 0.721 bits per heavy atom. The Balaban J connectivity index is 1.34. The summed E-state index contributed by atoms with van der Waals surface area (Å²) in [7, 11) is 1.30. The zero-order chi connectivity index (χ0) is 63.9. The van der Waals surface area contributed by atoms with E-state index in [9.17, 15) is 54.0 Å². The van der Waals surface area contributed by atoms with E-state index in [0.29, 0.717) is 13.0 Å². The number of nitrogens with zero attached hydrogens (tertiary/aromatic N) is 3. The fourth-order valence-corrected chi connectivity index (χ4v) is 10.7. The van der Waals surface area contributed by atoms with Crippen LogP contribution in [0.3, 0.4) is 0 Å². The van der Waals surface area contributed by atoms with Crippen LogP contribution in [0, 0.1) is 0 Å². The van der Waals surface area contributed by atoms with Crippen LogP contribution in [-0.2, 0) is 52.2 Å². The van der Waals surface area contributed by atoms with Gasteiger partial charge in [0.15, 0.2) is 18.9 Å². The number of fused-ring (bicyclic) bond motifs is 1. The molecule has 27 nitrogen and oxygen atoms in total. The van der Waals surface area contributed by atoms with Crippen molar-refractivity contribution in [3.05, 3.63) is 35.4 Å². The number of ether oxygens (including phenoxy) is 10. The summed E-state index contributed by atoms with van der Waals surface area (Å²) in [5.74, 6) is -2.05. The highest BCUT2D eigenvalue weighted by molar-refractivity contribution is 6.21. The number of hydrogen-bond donors (Lipinski definition) is 7. The van der Waals surface area contributed by atoms with Gasteiger partial charge in [0.25, 0.3) is 11.8 Å². The van der Waals surface area contributed by atoms with Crippen LogP contribution >= 0.6 is 0 Å². The van der Waals surface area contributed by atoms with E-state index < -0.39 is 156 Å². The molecule has 1 aromatic rings. The minimum absolute atomic E-state index is 0.0137. The molecule has 86 heavy (non-hydrogen) atoms. The Kier molecular flexibility index (Phi) is 23.3. The molecule has 4 heterocycles. The van der Waals surface area contributed by atoms with Crippen molar-refractivity contribution in [1.29, 1.82) is 0 Å². The first kappa shape index (κ1) is 69.6. The largest absolute Gasteiger partial charge is 0.444 e. The second-order valence-corrected chi connectivity index (χ2v) is 26.9. The summed E-state index contributed by atoms with van der Waals surface area (Å²) in [4.78, 5) is 98.8. The van der Waals surface area contributed by atoms with Crippen LogP contribution in [0.25, 0.3) is 0 Å². The van der Waals surface area contributed by atoms with Gasteiger partial charge < -0.3 is 93.5 Å². The lowest BCUT2D eigenvalue weighted by atomic mass is 9.82. The second kappa shape index (κ2) is 28.8. The van der Waals surface area contributed by atoms with Gasteiger partial charge in [0.2, 0.25) is 5.91 Å². The summed E-state index contributed by atoms with van der Waals surface area (Å²) >= 11 is 0. The Bertz CT molecular complexity index is 2470. The number of benzene rings is 1. The van der Waals surface area contributed by atoms with Crippen molar-refractivity contribution in [2.45, 2.75) is 249 Å². The fourth-order valence-electron chi connectivity index (χ4n) is 10.7. The molecular weight excluding hydrogens is 1130 g/mol. The van der Waals surface area contributed by atoms with E-state index in [2.05, 4.69) is 16.0 Å². The maximum Gasteiger partial charge on any atom is 0.410 e. The molecule has 4 fully saturated rings. The van der Waals surface area contributed by atoms with E-state index in [1.54, 1.807) is 95.2 Å². The number of imide groups is 1. The maximum atomic E-state index is 14.2. The normalized spacial score (nSPS) is 29.4. The summed E-state index contributed by atoms with van der Waals surface area (Å²) in [6, 6.07) is 1.06. The molecule has 6 rings (SSSR count). The number of carbonyl (C=O) groups is 7. The molecule has 7 amide bonds. The van der Waals surface area contributed by atoms with E-state index >= 15 is 0 Å². The first-order chi connectivity index (χ1) is 39.9. The molecule has 1 aliphatic carbocycles. The van der Waals surface area contributed by atoms with Crippen molar-refractivity contribution in [3.8, 4) is 0 Å². The number of amides is 7. The van der Waals surface area contributed by atoms with Crippen LogP contribution < -0.4 is 16.0 Å². The van der Waals surface area contributed by atoms with Crippen molar-refractivity contribution >= 4 is 42.1 Å². The summed E-state index contributed by atoms with van der Waals surface area (Å²) < 4.78 is 60.4. The number of aliphatic hydroxyl groups excluding tert-OH is 3. The number of likely N-dealkylation sites (N-methyl/N-ethyl adjacent to an activating group) is 1. The molecule has 5 aliphatic rings. The Morgan fingerprint density at radius 2 is 1.27 bits per heavy atom. The van der Waals surface area contributed by atoms with Gasteiger partial charge in [0, 0.05) is 26.7 Å². The topological polar surface area (TPSA) is 339 Å². The van der Waals surface area contributed by atoms with E-state index in [1.807, 2.05) is 0 Å². The van der Waals surface area contributed by atoms with Crippen molar-refractivity contribution in [1.82, 2.24) is 30.7 Å². The third kappa shape index (κ3) is 19.8. The predicted octanol–water partition coefficient (Wildman–Crippen LogP) is 4.22. The minimum Gasteiger partial charge on any atom is -0.444 e. The number of nitrogens with one attached hydrogen (secondary N) is 3. The van der Waals surface area contributed by atoms with Crippen LogP contribution in [0.2, 0.25) is 0 Å². The van der Waals surface area contributed by atoms with Crippen LogP contribution in [0.15, 0.2) is 24.3 Å². The third-order valence-electron chi connectivity index (χ3n) is 14.5. The summed E-state index contributed by atoms with van der Waals surface area (Å²) in [5.41, 5.74) is -5.35.